The Hall–Kier alpha value is -2.24. The van der Waals surface area contributed by atoms with Gasteiger partial charge in [-0.3, -0.25) is 4.79 Å². The molecule has 0 saturated heterocycles. The van der Waals surface area contributed by atoms with E-state index in [2.05, 4.69) is 43.8 Å². The number of hydrogen-bond donors (Lipinski definition) is 2. The van der Waals surface area contributed by atoms with Gasteiger partial charge in [-0.1, -0.05) is 20.8 Å². The Balaban J connectivity index is 1.54. The van der Waals surface area contributed by atoms with Crippen LogP contribution in [0.4, 0.5) is 4.79 Å². The highest BCUT2D eigenvalue weighted by Crippen LogP contribution is 2.48. The largest absolute Gasteiger partial charge is 0.474 e. The number of carbonyl (C=O) groups is 2. The molecule has 2 aromatic rings. The Morgan fingerprint density at radius 3 is 2.49 bits per heavy atom. The normalized spacial score (nSPS) is 23.0. The van der Waals surface area contributed by atoms with Crippen molar-refractivity contribution < 1.29 is 23.9 Å². The van der Waals surface area contributed by atoms with Gasteiger partial charge < -0.3 is 24.9 Å². The van der Waals surface area contributed by atoms with Gasteiger partial charge in [0.1, 0.15) is 23.4 Å². The Bertz CT molecular complexity index is 1160. The highest BCUT2D eigenvalue weighted by Gasteiger charge is 2.42. The molecule has 2 aromatic heterocycles. The van der Waals surface area contributed by atoms with Crippen molar-refractivity contribution in [3.8, 4) is 5.88 Å². The van der Waals surface area contributed by atoms with E-state index in [1.165, 1.54) is 15.3 Å². The van der Waals surface area contributed by atoms with E-state index in [1.54, 1.807) is 24.7 Å². The topological polar surface area (TPSA) is 128 Å². The lowest BCUT2D eigenvalue weighted by molar-refractivity contribution is -0.125. The van der Waals surface area contributed by atoms with Gasteiger partial charge in [0.05, 0.1) is 5.39 Å². The van der Waals surface area contributed by atoms with Crippen molar-refractivity contribution in [2.24, 2.45) is 5.73 Å². The Morgan fingerprint density at radius 1 is 1.22 bits per heavy atom. The number of ether oxygens (including phenoxy) is 1. The van der Waals surface area contributed by atoms with Gasteiger partial charge in [-0.2, -0.15) is 0 Å². The molecule has 2 amide bonds. The molecule has 0 bridgehead atoms. The number of amides is 2. The maximum absolute atomic E-state index is 12.5. The number of aryl methyl sites for hydroxylation is 1. The Labute approximate surface area is 223 Å². The smallest absolute Gasteiger partial charge is 0.407 e. The van der Waals surface area contributed by atoms with Crippen LogP contribution in [0.15, 0.2) is 6.33 Å². The fourth-order valence-electron chi connectivity index (χ4n) is 5.24. The first-order valence-electron chi connectivity index (χ1n) is 13.1. The van der Waals surface area contributed by atoms with Gasteiger partial charge in [0, 0.05) is 18.0 Å². The molecule has 0 radical (unpaired) electrons. The standard InChI is InChI=1S/C26H40N4O5SSi/c1-26(2,3)37(5,6)35-18(22(27)31)13-15-7-12-19-20(15)21-23(28-14-29-24(21)36-19)34-17-10-8-16(9-11-17)30(4)25(32)33/h14-18H,7-13H2,1-6H3,(H2,27,31)(H,32,33)/t15-,16?,17?,18+/m1/s1. The lowest BCUT2D eigenvalue weighted by Gasteiger charge is -2.39. The second-order valence-electron chi connectivity index (χ2n) is 12.0. The summed E-state index contributed by atoms with van der Waals surface area (Å²) >= 11 is 1.68. The maximum Gasteiger partial charge on any atom is 0.407 e. The van der Waals surface area contributed by atoms with E-state index in [-0.39, 0.29) is 23.1 Å². The van der Waals surface area contributed by atoms with Gasteiger partial charge in [-0.05, 0) is 74.6 Å². The van der Waals surface area contributed by atoms with E-state index in [1.807, 2.05) is 0 Å². The monoisotopic (exact) mass is 548 g/mol. The van der Waals surface area contributed by atoms with E-state index in [9.17, 15) is 14.7 Å². The van der Waals surface area contributed by atoms with Gasteiger partial charge in [0.25, 0.3) is 0 Å². The predicted molar refractivity (Wildman–Crippen MR) is 147 cm³/mol. The van der Waals surface area contributed by atoms with E-state index in [0.717, 1.165) is 48.7 Å². The van der Waals surface area contributed by atoms with Crippen LogP contribution < -0.4 is 10.5 Å². The van der Waals surface area contributed by atoms with Crippen LogP contribution in [0.2, 0.25) is 18.1 Å². The van der Waals surface area contributed by atoms with Crippen LogP contribution in [0.25, 0.3) is 10.2 Å². The van der Waals surface area contributed by atoms with Gasteiger partial charge in [-0.15, -0.1) is 11.3 Å². The van der Waals surface area contributed by atoms with E-state index in [4.69, 9.17) is 14.9 Å². The summed E-state index contributed by atoms with van der Waals surface area (Å²) in [5.41, 5.74) is 7.03. The van der Waals surface area contributed by atoms with Crippen molar-refractivity contribution in [2.75, 3.05) is 7.05 Å². The zero-order chi connectivity index (χ0) is 27.1. The predicted octanol–water partition coefficient (Wildman–Crippen LogP) is 5.29. The molecule has 2 heterocycles. The van der Waals surface area contributed by atoms with Crippen LogP contribution in [-0.4, -0.2) is 65.6 Å². The van der Waals surface area contributed by atoms with Gasteiger partial charge in [0.2, 0.25) is 11.8 Å². The maximum atomic E-state index is 12.5. The Kier molecular flexibility index (Phi) is 7.88. The molecule has 1 saturated carbocycles. The lowest BCUT2D eigenvalue weighted by atomic mass is 9.92. The SMILES string of the molecule is CN(C(=O)O)C1CCC(Oc2ncnc3sc4c(c23)[C@@H](C[C@H](O[Si](C)(C)C(C)(C)C)C(N)=O)CC4)CC1. The Morgan fingerprint density at radius 2 is 1.89 bits per heavy atom. The second-order valence-corrected chi connectivity index (χ2v) is 17.8. The molecule has 0 aromatic carbocycles. The molecule has 2 atom stereocenters. The van der Waals surface area contributed by atoms with Crippen LogP contribution in [0, 0.1) is 0 Å². The highest BCUT2D eigenvalue weighted by atomic mass is 32.1. The first-order valence-corrected chi connectivity index (χ1v) is 16.9. The number of hydrogen-bond acceptors (Lipinski definition) is 7. The third-order valence-electron chi connectivity index (χ3n) is 8.53. The van der Waals surface area contributed by atoms with Crippen molar-refractivity contribution in [3.05, 3.63) is 16.8 Å². The lowest BCUT2D eigenvalue weighted by Crippen LogP contribution is -2.48. The zero-order valence-corrected chi connectivity index (χ0v) is 24.6. The number of nitrogens with zero attached hydrogens (tertiary/aromatic N) is 3. The fraction of sp³-hybridized carbons (Fsp3) is 0.692. The summed E-state index contributed by atoms with van der Waals surface area (Å²) in [6.45, 7) is 10.8. The average Bonchev–Trinajstić information content (AvgIpc) is 3.37. The number of thiophene rings is 1. The molecule has 0 aliphatic heterocycles. The molecule has 37 heavy (non-hydrogen) atoms. The number of carbonyl (C=O) groups excluding carboxylic acids is 1. The number of fused-ring (bicyclic) bond motifs is 3. The summed E-state index contributed by atoms with van der Waals surface area (Å²) in [7, 11) is -0.551. The molecule has 4 rings (SSSR count). The van der Waals surface area contributed by atoms with Crippen molar-refractivity contribution >= 4 is 41.9 Å². The summed E-state index contributed by atoms with van der Waals surface area (Å²) in [5, 5.41) is 10.2. The van der Waals surface area contributed by atoms with Crippen LogP contribution in [0.5, 0.6) is 5.88 Å². The molecule has 204 valence electrons. The van der Waals surface area contributed by atoms with Crippen molar-refractivity contribution in [1.82, 2.24) is 14.9 Å². The molecule has 1 fully saturated rings. The van der Waals surface area contributed by atoms with Crippen LogP contribution in [-0.2, 0) is 15.6 Å². The minimum absolute atomic E-state index is 0.0178. The minimum atomic E-state index is -2.18. The van der Waals surface area contributed by atoms with Crippen LogP contribution in [0.1, 0.15) is 75.7 Å². The van der Waals surface area contributed by atoms with Crippen molar-refractivity contribution in [1.29, 1.82) is 0 Å². The second kappa shape index (κ2) is 10.5. The summed E-state index contributed by atoms with van der Waals surface area (Å²) < 4.78 is 12.9. The average molecular weight is 549 g/mol. The molecule has 2 aliphatic carbocycles. The molecule has 11 heteroatoms. The molecule has 9 nitrogen and oxygen atoms in total. The summed E-state index contributed by atoms with van der Waals surface area (Å²) in [6, 6.07) is 0.0178. The van der Waals surface area contributed by atoms with Gasteiger partial charge in [0.15, 0.2) is 8.32 Å². The van der Waals surface area contributed by atoms with E-state index >= 15 is 0 Å². The zero-order valence-electron chi connectivity index (χ0n) is 22.7. The third-order valence-corrected chi connectivity index (χ3v) is 14.2. The molecular weight excluding hydrogens is 508 g/mol. The first kappa shape index (κ1) is 27.8. The van der Waals surface area contributed by atoms with Crippen LogP contribution in [0.3, 0.4) is 0 Å². The number of carboxylic acid groups (broad SMARTS) is 1. The summed E-state index contributed by atoms with van der Waals surface area (Å²) in [4.78, 5) is 36.4. The fourth-order valence-corrected chi connectivity index (χ4v) is 7.75. The molecular formula is C26H40N4O5SSi. The molecule has 0 spiro atoms. The van der Waals surface area contributed by atoms with Gasteiger partial charge in [-0.25, -0.2) is 14.8 Å². The van der Waals surface area contributed by atoms with Gasteiger partial charge >= 0.3 is 6.09 Å². The minimum Gasteiger partial charge on any atom is -0.474 e. The highest BCUT2D eigenvalue weighted by molar-refractivity contribution is 7.19. The van der Waals surface area contributed by atoms with Crippen LogP contribution >= 0.6 is 11.3 Å². The number of aromatic nitrogens is 2. The summed E-state index contributed by atoms with van der Waals surface area (Å²) in [5.74, 6) is 0.304. The van der Waals surface area contributed by atoms with E-state index < -0.39 is 26.4 Å². The number of primary amides is 1. The third kappa shape index (κ3) is 5.78. The summed E-state index contributed by atoms with van der Waals surface area (Å²) in [6.07, 6.45) is 5.47. The quantitative estimate of drug-likeness (QED) is 0.429. The van der Waals surface area contributed by atoms with Crippen molar-refractivity contribution in [3.63, 3.8) is 0 Å². The first-order chi connectivity index (χ1) is 17.3. The number of rotatable bonds is 8. The number of nitrogens with two attached hydrogens (primary N) is 1. The molecule has 2 aliphatic rings. The van der Waals surface area contributed by atoms with Crippen molar-refractivity contribution in [2.45, 2.75) is 108 Å². The molecule has 3 N–H and O–H groups in total. The van der Waals surface area contributed by atoms with E-state index in [0.29, 0.717) is 12.3 Å². The molecule has 0 unspecified atom stereocenters.